The van der Waals surface area contributed by atoms with Gasteiger partial charge in [0.2, 0.25) is 0 Å². The Hall–Kier alpha value is -1.78. The number of benzene rings is 2. The van der Waals surface area contributed by atoms with Gasteiger partial charge in [0.25, 0.3) is 0 Å². The molecule has 0 atom stereocenters. The summed E-state index contributed by atoms with van der Waals surface area (Å²) in [5.41, 5.74) is 2.20. The van der Waals surface area contributed by atoms with E-state index in [2.05, 4.69) is 33.8 Å². The number of nitrogens with zero attached hydrogens (tertiary/aromatic N) is 3. The Labute approximate surface area is 139 Å². The summed E-state index contributed by atoms with van der Waals surface area (Å²) in [7, 11) is 0. The van der Waals surface area contributed by atoms with E-state index in [4.69, 9.17) is 11.6 Å². The SMILES string of the molecule is CCn1c(SCc2ccccc2Cl)nnc1-c1ccccc1. The molecule has 0 amide bonds. The van der Waals surface area contributed by atoms with Gasteiger partial charge in [-0.2, -0.15) is 0 Å². The van der Waals surface area contributed by atoms with Crippen molar-refractivity contribution in [1.29, 1.82) is 0 Å². The molecule has 0 N–H and O–H groups in total. The Morgan fingerprint density at radius 3 is 2.45 bits per heavy atom. The zero-order valence-electron chi connectivity index (χ0n) is 12.2. The average Bonchev–Trinajstić information content (AvgIpc) is 2.98. The van der Waals surface area contributed by atoms with Crippen LogP contribution in [0.4, 0.5) is 0 Å². The van der Waals surface area contributed by atoms with Crippen molar-refractivity contribution < 1.29 is 0 Å². The fourth-order valence-electron chi connectivity index (χ4n) is 2.24. The number of hydrogen-bond donors (Lipinski definition) is 0. The van der Waals surface area contributed by atoms with Gasteiger partial charge in [0.1, 0.15) is 0 Å². The van der Waals surface area contributed by atoms with Crippen molar-refractivity contribution in [2.45, 2.75) is 24.4 Å². The van der Waals surface area contributed by atoms with Crippen LogP contribution in [0.25, 0.3) is 11.4 Å². The lowest BCUT2D eigenvalue weighted by molar-refractivity contribution is 0.687. The van der Waals surface area contributed by atoms with E-state index in [1.54, 1.807) is 11.8 Å². The van der Waals surface area contributed by atoms with Gasteiger partial charge in [-0.05, 0) is 18.6 Å². The van der Waals surface area contributed by atoms with Gasteiger partial charge in [-0.1, -0.05) is 71.9 Å². The van der Waals surface area contributed by atoms with Crippen molar-refractivity contribution in [2.75, 3.05) is 0 Å². The Morgan fingerprint density at radius 2 is 1.73 bits per heavy atom. The van der Waals surface area contributed by atoms with Crippen LogP contribution < -0.4 is 0 Å². The fourth-order valence-corrected chi connectivity index (χ4v) is 3.53. The summed E-state index contributed by atoms with van der Waals surface area (Å²) >= 11 is 7.87. The van der Waals surface area contributed by atoms with Crippen molar-refractivity contribution in [3.63, 3.8) is 0 Å². The highest BCUT2D eigenvalue weighted by Gasteiger charge is 2.13. The second-order valence-corrected chi connectivity index (χ2v) is 6.15. The molecule has 0 aliphatic heterocycles. The van der Waals surface area contributed by atoms with Crippen LogP contribution in [0.3, 0.4) is 0 Å². The molecular formula is C17H16ClN3S. The molecular weight excluding hydrogens is 314 g/mol. The zero-order chi connectivity index (χ0) is 15.4. The third-order valence-electron chi connectivity index (χ3n) is 3.38. The van der Waals surface area contributed by atoms with E-state index in [-0.39, 0.29) is 0 Å². The minimum atomic E-state index is 0.784. The molecule has 0 aliphatic carbocycles. The topological polar surface area (TPSA) is 30.7 Å². The molecule has 3 aromatic rings. The highest BCUT2D eigenvalue weighted by Crippen LogP contribution is 2.28. The molecule has 0 fully saturated rings. The summed E-state index contributed by atoms with van der Waals surface area (Å²) in [5.74, 6) is 1.69. The van der Waals surface area contributed by atoms with E-state index in [0.29, 0.717) is 0 Å². The highest BCUT2D eigenvalue weighted by atomic mass is 35.5. The first-order chi connectivity index (χ1) is 10.8. The number of hydrogen-bond acceptors (Lipinski definition) is 3. The number of rotatable bonds is 5. The van der Waals surface area contributed by atoms with E-state index >= 15 is 0 Å². The van der Waals surface area contributed by atoms with Gasteiger partial charge in [-0.15, -0.1) is 10.2 Å². The van der Waals surface area contributed by atoms with Gasteiger partial charge in [0, 0.05) is 22.9 Å². The first-order valence-corrected chi connectivity index (χ1v) is 8.50. The standard InChI is InChI=1S/C17H16ClN3S/c1-2-21-16(13-8-4-3-5-9-13)19-20-17(21)22-12-14-10-6-7-11-15(14)18/h3-11H,2,12H2,1H3. The van der Waals surface area contributed by atoms with Crippen LogP contribution in [-0.4, -0.2) is 14.8 Å². The summed E-state index contributed by atoms with van der Waals surface area (Å²) in [5, 5.41) is 10.4. The smallest absolute Gasteiger partial charge is 0.191 e. The molecule has 0 bridgehead atoms. The molecule has 2 aromatic carbocycles. The molecule has 3 rings (SSSR count). The molecule has 0 spiro atoms. The van der Waals surface area contributed by atoms with E-state index in [9.17, 15) is 0 Å². The van der Waals surface area contributed by atoms with E-state index in [1.165, 1.54) is 0 Å². The first kappa shape index (κ1) is 15.1. The number of halogens is 1. The normalized spacial score (nSPS) is 10.8. The summed E-state index contributed by atoms with van der Waals surface area (Å²) in [4.78, 5) is 0. The Kier molecular flexibility index (Phi) is 4.80. The minimum absolute atomic E-state index is 0.784. The maximum atomic E-state index is 6.21. The van der Waals surface area contributed by atoms with Crippen LogP contribution in [0, 0.1) is 0 Å². The molecule has 0 unspecified atom stereocenters. The molecule has 22 heavy (non-hydrogen) atoms. The second kappa shape index (κ2) is 6.99. The largest absolute Gasteiger partial charge is 0.302 e. The average molecular weight is 330 g/mol. The van der Waals surface area contributed by atoms with E-state index < -0.39 is 0 Å². The maximum Gasteiger partial charge on any atom is 0.191 e. The van der Waals surface area contributed by atoms with Crippen LogP contribution in [0.2, 0.25) is 5.02 Å². The first-order valence-electron chi connectivity index (χ1n) is 7.14. The van der Waals surface area contributed by atoms with Gasteiger partial charge in [-0.3, -0.25) is 0 Å². The summed E-state index contributed by atoms with van der Waals surface area (Å²) in [6, 6.07) is 18.0. The number of aromatic nitrogens is 3. The van der Waals surface area contributed by atoms with Crippen molar-refractivity contribution in [3.8, 4) is 11.4 Å². The van der Waals surface area contributed by atoms with Crippen LogP contribution >= 0.6 is 23.4 Å². The molecule has 112 valence electrons. The van der Waals surface area contributed by atoms with Crippen molar-refractivity contribution in [3.05, 3.63) is 65.2 Å². The molecule has 0 saturated heterocycles. The summed E-state index contributed by atoms with van der Waals surface area (Å²) < 4.78 is 2.14. The quantitative estimate of drug-likeness (QED) is 0.623. The molecule has 0 radical (unpaired) electrons. The summed E-state index contributed by atoms with van der Waals surface area (Å²) in [6.45, 7) is 2.94. The molecule has 0 saturated carbocycles. The predicted octanol–water partition coefficient (Wildman–Crippen LogP) is 4.91. The lowest BCUT2D eigenvalue weighted by atomic mass is 10.2. The van der Waals surface area contributed by atoms with Crippen LogP contribution in [-0.2, 0) is 12.3 Å². The predicted molar refractivity (Wildman–Crippen MR) is 92.1 cm³/mol. The fraction of sp³-hybridized carbons (Fsp3) is 0.176. The van der Waals surface area contributed by atoms with Gasteiger partial charge in [0.15, 0.2) is 11.0 Å². The van der Waals surface area contributed by atoms with Crippen molar-refractivity contribution in [2.24, 2.45) is 0 Å². The highest BCUT2D eigenvalue weighted by molar-refractivity contribution is 7.98. The molecule has 3 nitrogen and oxygen atoms in total. The Bertz CT molecular complexity index is 756. The van der Waals surface area contributed by atoms with Crippen LogP contribution in [0.5, 0.6) is 0 Å². The van der Waals surface area contributed by atoms with Crippen LogP contribution in [0.1, 0.15) is 12.5 Å². The maximum absolute atomic E-state index is 6.21. The van der Waals surface area contributed by atoms with Gasteiger partial charge in [-0.25, -0.2) is 0 Å². The Morgan fingerprint density at radius 1 is 1.00 bits per heavy atom. The number of thioether (sulfide) groups is 1. The molecule has 1 aromatic heterocycles. The third kappa shape index (κ3) is 3.18. The van der Waals surface area contributed by atoms with Gasteiger partial charge < -0.3 is 4.57 Å². The van der Waals surface area contributed by atoms with E-state index in [1.807, 2.05) is 42.5 Å². The van der Waals surface area contributed by atoms with E-state index in [0.717, 1.165) is 39.4 Å². The van der Waals surface area contributed by atoms with Crippen molar-refractivity contribution in [1.82, 2.24) is 14.8 Å². The van der Waals surface area contributed by atoms with Gasteiger partial charge in [0.05, 0.1) is 0 Å². The third-order valence-corrected chi connectivity index (χ3v) is 4.76. The molecule has 5 heteroatoms. The van der Waals surface area contributed by atoms with Crippen molar-refractivity contribution >= 4 is 23.4 Å². The lowest BCUT2D eigenvalue weighted by Gasteiger charge is -2.08. The summed E-state index contributed by atoms with van der Waals surface area (Å²) in [6.07, 6.45) is 0. The molecule has 1 heterocycles. The molecule has 0 aliphatic rings. The minimum Gasteiger partial charge on any atom is -0.302 e. The zero-order valence-corrected chi connectivity index (χ0v) is 13.8. The van der Waals surface area contributed by atoms with Gasteiger partial charge >= 0.3 is 0 Å². The second-order valence-electron chi connectivity index (χ2n) is 4.80. The lowest BCUT2D eigenvalue weighted by Crippen LogP contribution is -1.99. The van der Waals surface area contributed by atoms with Crippen LogP contribution in [0.15, 0.2) is 59.8 Å². The monoisotopic (exact) mass is 329 g/mol. The Balaban J connectivity index is 1.83.